The van der Waals surface area contributed by atoms with Gasteiger partial charge in [0.1, 0.15) is 0 Å². The number of rotatable bonds is 4. The minimum atomic E-state index is -0.221. The Kier molecular flexibility index (Phi) is 4.76. The van der Waals surface area contributed by atoms with Crippen molar-refractivity contribution in [1.82, 2.24) is 9.97 Å². The van der Waals surface area contributed by atoms with Gasteiger partial charge in [0.05, 0.1) is 0 Å². The highest BCUT2D eigenvalue weighted by Gasteiger charge is 2.12. The third-order valence-electron chi connectivity index (χ3n) is 4.30. The van der Waals surface area contributed by atoms with Crippen molar-refractivity contribution in [2.24, 2.45) is 0 Å². The fourth-order valence-electron chi connectivity index (χ4n) is 2.92. The van der Waals surface area contributed by atoms with E-state index in [0.717, 1.165) is 10.8 Å². The number of carbonyl (C=O) groups is 2. The molecule has 0 saturated carbocycles. The van der Waals surface area contributed by atoms with Gasteiger partial charge in [0.25, 0.3) is 11.8 Å². The number of nitrogens with zero attached hydrogens (tertiary/aromatic N) is 2. The Morgan fingerprint density at radius 3 is 1.36 bits per heavy atom. The number of pyridine rings is 2. The molecule has 2 aromatic carbocycles. The minimum Gasteiger partial charge on any atom is -0.321 e. The summed E-state index contributed by atoms with van der Waals surface area (Å²) in [5, 5.41) is 7.51. The number of hydrogen-bond acceptors (Lipinski definition) is 4. The number of nitrogens with one attached hydrogen (secondary N) is 2. The minimum absolute atomic E-state index is 0.221. The van der Waals surface area contributed by atoms with Crippen molar-refractivity contribution in [1.29, 1.82) is 0 Å². The van der Waals surface area contributed by atoms with Crippen molar-refractivity contribution in [2.75, 3.05) is 10.6 Å². The molecule has 2 N–H and O–H groups in total. The Morgan fingerprint density at radius 1 is 0.571 bits per heavy atom. The largest absolute Gasteiger partial charge is 0.321 e. The van der Waals surface area contributed by atoms with Crippen molar-refractivity contribution >= 4 is 34.0 Å². The van der Waals surface area contributed by atoms with E-state index in [0.29, 0.717) is 22.5 Å². The van der Waals surface area contributed by atoms with E-state index in [1.54, 1.807) is 49.1 Å². The second-order valence-electron chi connectivity index (χ2n) is 6.09. The molecule has 0 bridgehead atoms. The number of hydrogen-bond donors (Lipinski definition) is 2. The monoisotopic (exact) mass is 368 g/mol. The summed E-state index contributed by atoms with van der Waals surface area (Å²) in [6, 6.07) is 17.8. The molecule has 2 aromatic heterocycles. The first-order chi connectivity index (χ1) is 13.7. The van der Waals surface area contributed by atoms with Crippen LogP contribution in [-0.4, -0.2) is 21.8 Å². The predicted molar refractivity (Wildman–Crippen MR) is 108 cm³/mol. The van der Waals surface area contributed by atoms with Gasteiger partial charge in [-0.3, -0.25) is 19.6 Å². The van der Waals surface area contributed by atoms with Crippen molar-refractivity contribution in [3.8, 4) is 0 Å². The lowest BCUT2D eigenvalue weighted by Crippen LogP contribution is -2.13. The van der Waals surface area contributed by atoms with E-state index < -0.39 is 0 Å². The Hall–Kier alpha value is -4.06. The van der Waals surface area contributed by atoms with Crippen LogP contribution in [-0.2, 0) is 0 Å². The summed E-state index contributed by atoms with van der Waals surface area (Å²) in [4.78, 5) is 32.8. The second-order valence-corrected chi connectivity index (χ2v) is 6.09. The smallest absolute Gasteiger partial charge is 0.255 e. The topological polar surface area (TPSA) is 84.0 Å². The Balaban J connectivity index is 1.65. The zero-order valence-electron chi connectivity index (χ0n) is 14.8. The van der Waals surface area contributed by atoms with Gasteiger partial charge < -0.3 is 10.6 Å². The van der Waals surface area contributed by atoms with Crippen LogP contribution < -0.4 is 10.6 Å². The van der Waals surface area contributed by atoms with Crippen molar-refractivity contribution in [2.45, 2.75) is 0 Å². The normalized spacial score (nSPS) is 10.4. The van der Waals surface area contributed by atoms with Gasteiger partial charge in [-0.25, -0.2) is 0 Å². The molecule has 0 spiro atoms. The quantitative estimate of drug-likeness (QED) is 0.567. The molecule has 0 radical (unpaired) electrons. The molecular formula is C22H16N4O2. The van der Waals surface area contributed by atoms with Crippen molar-refractivity contribution in [3.05, 3.63) is 96.6 Å². The maximum atomic E-state index is 12.5. The molecule has 6 nitrogen and oxygen atoms in total. The van der Waals surface area contributed by atoms with E-state index in [9.17, 15) is 9.59 Å². The lowest BCUT2D eigenvalue weighted by atomic mass is 10.1. The molecule has 0 aliphatic heterocycles. The SMILES string of the molecule is O=C(Nc1cccc2c(NC(=O)c3ccncc3)cccc12)c1ccncc1. The molecule has 136 valence electrons. The molecule has 0 fully saturated rings. The van der Waals surface area contributed by atoms with Crippen LogP contribution in [0.2, 0.25) is 0 Å². The summed E-state index contributed by atoms with van der Waals surface area (Å²) in [5.74, 6) is -0.442. The van der Waals surface area contributed by atoms with Crippen LogP contribution in [0.1, 0.15) is 20.7 Å². The molecule has 2 heterocycles. The van der Waals surface area contributed by atoms with Crippen molar-refractivity contribution in [3.63, 3.8) is 0 Å². The van der Waals surface area contributed by atoms with E-state index in [-0.39, 0.29) is 11.8 Å². The number of benzene rings is 2. The van der Waals surface area contributed by atoms with E-state index in [2.05, 4.69) is 20.6 Å². The average molecular weight is 368 g/mol. The number of amides is 2. The standard InChI is InChI=1S/C22H16N4O2/c27-21(15-7-11-23-12-8-15)25-19-5-1-3-17-18(19)4-2-6-20(17)26-22(28)16-9-13-24-14-10-16/h1-14H,(H,25,27)(H,26,28). The zero-order chi connectivity index (χ0) is 19.3. The first-order valence-electron chi connectivity index (χ1n) is 8.67. The first-order valence-corrected chi connectivity index (χ1v) is 8.67. The van der Waals surface area contributed by atoms with Crippen LogP contribution in [0.3, 0.4) is 0 Å². The van der Waals surface area contributed by atoms with Crippen molar-refractivity contribution < 1.29 is 9.59 Å². The summed E-state index contributed by atoms with van der Waals surface area (Å²) in [6.07, 6.45) is 6.30. The van der Waals surface area contributed by atoms with Gasteiger partial charge in [-0.2, -0.15) is 0 Å². The van der Waals surface area contributed by atoms with Crippen LogP contribution in [0.4, 0.5) is 11.4 Å². The van der Waals surface area contributed by atoms with Gasteiger partial charge in [0, 0.05) is 58.1 Å². The van der Waals surface area contributed by atoms with Gasteiger partial charge in [0.15, 0.2) is 0 Å². The third-order valence-corrected chi connectivity index (χ3v) is 4.30. The fourth-order valence-corrected chi connectivity index (χ4v) is 2.92. The molecule has 6 heteroatoms. The van der Waals surface area contributed by atoms with E-state index in [1.807, 2.05) is 36.4 Å². The molecule has 28 heavy (non-hydrogen) atoms. The molecule has 4 aromatic rings. The van der Waals surface area contributed by atoms with E-state index in [1.165, 1.54) is 0 Å². The van der Waals surface area contributed by atoms with E-state index >= 15 is 0 Å². The summed E-state index contributed by atoms with van der Waals surface area (Å²) in [7, 11) is 0. The van der Waals surface area contributed by atoms with Gasteiger partial charge in [-0.05, 0) is 36.4 Å². The highest BCUT2D eigenvalue weighted by atomic mass is 16.2. The predicted octanol–water partition coefficient (Wildman–Crippen LogP) is 4.13. The van der Waals surface area contributed by atoms with Gasteiger partial charge in [-0.15, -0.1) is 0 Å². The van der Waals surface area contributed by atoms with E-state index in [4.69, 9.17) is 0 Å². The Bertz CT molecular complexity index is 1050. The maximum Gasteiger partial charge on any atom is 0.255 e. The van der Waals surface area contributed by atoms with Crippen LogP contribution in [0.5, 0.6) is 0 Å². The highest BCUT2D eigenvalue weighted by molar-refractivity contribution is 6.13. The number of aromatic nitrogens is 2. The first kappa shape index (κ1) is 17.4. The molecular weight excluding hydrogens is 352 g/mol. The molecule has 0 saturated heterocycles. The molecule has 0 aliphatic carbocycles. The van der Waals surface area contributed by atoms with Crippen LogP contribution in [0.15, 0.2) is 85.5 Å². The molecule has 4 rings (SSSR count). The zero-order valence-corrected chi connectivity index (χ0v) is 14.8. The molecule has 2 amide bonds. The van der Waals surface area contributed by atoms with Gasteiger partial charge >= 0.3 is 0 Å². The van der Waals surface area contributed by atoms with Crippen LogP contribution in [0, 0.1) is 0 Å². The number of anilines is 2. The number of carbonyl (C=O) groups excluding carboxylic acids is 2. The Morgan fingerprint density at radius 2 is 0.964 bits per heavy atom. The lowest BCUT2D eigenvalue weighted by Gasteiger charge is -2.12. The summed E-state index contributed by atoms with van der Waals surface area (Å²) >= 11 is 0. The molecule has 0 aliphatic rings. The molecule has 0 atom stereocenters. The molecule has 0 unspecified atom stereocenters. The Labute approximate surface area is 161 Å². The fraction of sp³-hybridized carbons (Fsp3) is 0. The summed E-state index contributed by atoms with van der Waals surface area (Å²) in [5.41, 5.74) is 2.38. The van der Waals surface area contributed by atoms with Crippen LogP contribution >= 0.6 is 0 Å². The van der Waals surface area contributed by atoms with Gasteiger partial charge in [-0.1, -0.05) is 24.3 Å². The second kappa shape index (κ2) is 7.67. The highest BCUT2D eigenvalue weighted by Crippen LogP contribution is 2.30. The van der Waals surface area contributed by atoms with Crippen LogP contribution in [0.25, 0.3) is 10.8 Å². The van der Waals surface area contributed by atoms with Gasteiger partial charge in [0.2, 0.25) is 0 Å². The third kappa shape index (κ3) is 3.57. The number of fused-ring (bicyclic) bond motifs is 1. The summed E-state index contributed by atoms with van der Waals surface area (Å²) < 4.78 is 0. The summed E-state index contributed by atoms with van der Waals surface area (Å²) in [6.45, 7) is 0. The lowest BCUT2D eigenvalue weighted by molar-refractivity contribution is 0.101. The average Bonchev–Trinajstić information content (AvgIpc) is 2.75. The maximum absolute atomic E-state index is 12.5.